The zero-order chi connectivity index (χ0) is 18.4. The summed E-state index contributed by atoms with van der Waals surface area (Å²) >= 11 is 0. The molecule has 0 saturated carbocycles. The maximum absolute atomic E-state index is 12.7. The first-order chi connectivity index (χ1) is 11.8. The fraction of sp³-hybridized carbons (Fsp3) is 0.611. The standard InChI is InChI=1S/C18H29N3O3S/c1-15-9-13-21(14-10-15)25(23,24)17-7-5-16(6-8-17)18(22)19-11-4-12-20(2)3/h5-8,15H,4,9-14H2,1-3H3,(H,19,22). The van der Waals surface area contributed by atoms with Crippen LogP contribution in [0.25, 0.3) is 0 Å². The summed E-state index contributed by atoms with van der Waals surface area (Å²) in [6.07, 6.45) is 2.66. The highest BCUT2D eigenvalue weighted by Crippen LogP contribution is 2.23. The van der Waals surface area contributed by atoms with Crippen LogP contribution >= 0.6 is 0 Å². The molecule has 1 aliphatic heterocycles. The first-order valence-corrected chi connectivity index (χ1v) is 10.3. The van der Waals surface area contributed by atoms with Gasteiger partial charge < -0.3 is 10.2 Å². The molecule has 1 aromatic carbocycles. The van der Waals surface area contributed by atoms with Crippen molar-refractivity contribution in [2.75, 3.05) is 40.3 Å². The highest BCUT2D eigenvalue weighted by atomic mass is 32.2. The van der Waals surface area contributed by atoms with Gasteiger partial charge in [0.25, 0.3) is 5.91 Å². The SMILES string of the molecule is CC1CCN(S(=O)(=O)c2ccc(C(=O)NCCCN(C)C)cc2)CC1. The van der Waals surface area contributed by atoms with Crippen LogP contribution in [0.2, 0.25) is 0 Å². The molecule has 1 saturated heterocycles. The summed E-state index contributed by atoms with van der Waals surface area (Å²) in [5.74, 6) is 0.402. The zero-order valence-electron chi connectivity index (χ0n) is 15.4. The minimum atomic E-state index is -3.46. The molecule has 0 aliphatic carbocycles. The number of carbonyl (C=O) groups is 1. The van der Waals surface area contributed by atoms with Gasteiger partial charge in [-0.2, -0.15) is 4.31 Å². The number of hydrogen-bond donors (Lipinski definition) is 1. The summed E-state index contributed by atoms with van der Waals surface area (Å²) in [5, 5.41) is 2.86. The fourth-order valence-corrected chi connectivity index (χ4v) is 4.32. The van der Waals surface area contributed by atoms with E-state index in [4.69, 9.17) is 0 Å². The maximum atomic E-state index is 12.7. The number of nitrogens with zero attached hydrogens (tertiary/aromatic N) is 2. The first-order valence-electron chi connectivity index (χ1n) is 8.84. The largest absolute Gasteiger partial charge is 0.352 e. The molecule has 0 bridgehead atoms. The van der Waals surface area contributed by atoms with E-state index in [0.717, 1.165) is 25.8 Å². The van der Waals surface area contributed by atoms with Crippen molar-refractivity contribution in [3.05, 3.63) is 29.8 Å². The molecule has 1 N–H and O–H groups in total. The van der Waals surface area contributed by atoms with E-state index in [1.807, 2.05) is 14.1 Å². The Kier molecular flexibility index (Phi) is 6.98. The Bertz CT molecular complexity index is 663. The average molecular weight is 368 g/mol. The highest BCUT2D eigenvalue weighted by Gasteiger charge is 2.28. The summed E-state index contributed by atoms with van der Waals surface area (Å²) in [6, 6.07) is 6.23. The molecular formula is C18H29N3O3S. The van der Waals surface area contributed by atoms with Crippen molar-refractivity contribution in [1.82, 2.24) is 14.5 Å². The van der Waals surface area contributed by atoms with Crippen LogP contribution in [0.15, 0.2) is 29.2 Å². The Labute approximate surface area is 151 Å². The molecular weight excluding hydrogens is 338 g/mol. The maximum Gasteiger partial charge on any atom is 0.251 e. The van der Waals surface area contributed by atoms with Gasteiger partial charge in [-0.1, -0.05) is 6.92 Å². The van der Waals surface area contributed by atoms with E-state index in [1.165, 1.54) is 12.1 Å². The lowest BCUT2D eigenvalue weighted by atomic mass is 10.0. The summed E-state index contributed by atoms with van der Waals surface area (Å²) in [6.45, 7) is 4.79. The van der Waals surface area contributed by atoms with Crippen LogP contribution in [0.4, 0.5) is 0 Å². The number of amides is 1. The number of benzene rings is 1. The van der Waals surface area contributed by atoms with Crippen LogP contribution in [0.5, 0.6) is 0 Å². The van der Waals surface area contributed by atoms with E-state index >= 15 is 0 Å². The first kappa shape index (κ1) is 19.9. The molecule has 1 aromatic rings. The topological polar surface area (TPSA) is 69.7 Å². The van der Waals surface area contributed by atoms with Gasteiger partial charge in [0.1, 0.15) is 0 Å². The molecule has 6 nitrogen and oxygen atoms in total. The molecule has 0 aromatic heterocycles. The number of piperidine rings is 1. The second kappa shape index (κ2) is 8.78. The molecule has 0 radical (unpaired) electrons. The van der Waals surface area contributed by atoms with Gasteiger partial charge in [-0.25, -0.2) is 8.42 Å². The number of sulfonamides is 1. The molecule has 7 heteroatoms. The molecule has 140 valence electrons. The number of nitrogens with one attached hydrogen (secondary N) is 1. The summed E-state index contributed by atoms with van der Waals surface area (Å²) in [7, 11) is 0.518. The predicted octanol–water partition coefficient (Wildman–Crippen LogP) is 1.79. The van der Waals surface area contributed by atoms with Crippen molar-refractivity contribution in [3.63, 3.8) is 0 Å². The Morgan fingerprint density at radius 1 is 1.20 bits per heavy atom. The van der Waals surface area contributed by atoms with Crippen LogP contribution in [-0.4, -0.2) is 63.8 Å². The zero-order valence-corrected chi connectivity index (χ0v) is 16.2. The lowest BCUT2D eigenvalue weighted by Crippen LogP contribution is -2.37. The van der Waals surface area contributed by atoms with Gasteiger partial charge in [0, 0.05) is 25.2 Å². The average Bonchev–Trinajstić information content (AvgIpc) is 2.59. The van der Waals surface area contributed by atoms with E-state index in [9.17, 15) is 13.2 Å². The fourth-order valence-electron chi connectivity index (χ4n) is 2.85. The number of carbonyl (C=O) groups excluding carboxylic acids is 1. The third-order valence-corrected chi connectivity index (χ3v) is 6.48. The molecule has 0 unspecified atom stereocenters. The van der Waals surface area contributed by atoms with Crippen molar-refractivity contribution >= 4 is 15.9 Å². The van der Waals surface area contributed by atoms with Crippen LogP contribution in [-0.2, 0) is 10.0 Å². The van der Waals surface area contributed by atoms with E-state index in [2.05, 4.69) is 17.1 Å². The van der Waals surface area contributed by atoms with Gasteiger partial charge >= 0.3 is 0 Å². The Morgan fingerprint density at radius 3 is 2.36 bits per heavy atom. The summed E-state index contributed by atoms with van der Waals surface area (Å²) in [4.78, 5) is 14.4. The van der Waals surface area contributed by atoms with Gasteiger partial charge in [0.15, 0.2) is 0 Å². The number of hydrogen-bond acceptors (Lipinski definition) is 4. The minimum absolute atomic E-state index is 0.172. The highest BCUT2D eigenvalue weighted by molar-refractivity contribution is 7.89. The van der Waals surface area contributed by atoms with E-state index < -0.39 is 10.0 Å². The van der Waals surface area contributed by atoms with Crippen molar-refractivity contribution in [3.8, 4) is 0 Å². The van der Waals surface area contributed by atoms with Gasteiger partial charge in [-0.05, 0) is 70.1 Å². The summed E-state index contributed by atoms with van der Waals surface area (Å²) in [5.41, 5.74) is 0.482. The van der Waals surface area contributed by atoms with E-state index in [1.54, 1.807) is 16.4 Å². The molecule has 25 heavy (non-hydrogen) atoms. The lowest BCUT2D eigenvalue weighted by Gasteiger charge is -2.29. The smallest absolute Gasteiger partial charge is 0.251 e. The van der Waals surface area contributed by atoms with Crippen LogP contribution in [0.1, 0.15) is 36.5 Å². The van der Waals surface area contributed by atoms with Crippen LogP contribution in [0.3, 0.4) is 0 Å². The Balaban J connectivity index is 1.95. The van der Waals surface area contributed by atoms with Gasteiger partial charge in [0.05, 0.1) is 4.90 Å². The second-order valence-corrected chi connectivity index (χ2v) is 8.96. The Morgan fingerprint density at radius 2 is 1.80 bits per heavy atom. The normalized spacial score (nSPS) is 17.0. The van der Waals surface area contributed by atoms with Gasteiger partial charge in [-0.15, -0.1) is 0 Å². The molecule has 1 fully saturated rings. The van der Waals surface area contributed by atoms with Crippen molar-refractivity contribution in [2.24, 2.45) is 5.92 Å². The quantitative estimate of drug-likeness (QED) is 0.746. The van der Waals surface area contributed by atoms with E-state index in [-0.39, 0.29) is 10.8 Å². The van der Waals surface area contributed by atoms with Gasteiger partial charge in [-0.3, -0.25) is 4.79 Å². The van der Waals surface area contributed by atoms with E-state index in [0.29, 0.717) is 31.1 Å². The Hall–Kier alpha value is -1.44. The minimum Gasteiger partial charge on any atom is -0.352 e. The summed E-state index contributed by atoms with van der Waals surface area (Å²) < 4.78 is 26.9. The second-order valence-electron chi connectivity index (χ2n) is 7.02. The third kappa shape index (κ3) is 5.52. The molecule has 1 heterocycles. The van der Waals surface area contributed by atoms with Crippen molar-refractivity contribution in [1.29, 1.82) is 0 Å². The number of rotatable bonds is 7. The lowest BCUT2D eigenvalue weighted by molar-refractivity contribution is 0.0952. The molecule has 2 rings (SSSR count). The molecule has 0 spiro atoms. The van der Waals surface area contributed by atoms with Crippen molar-refractivity contribution in [2.45, 2.75) is 31.1 Å². The van der Waals surface area contributed by atoms with Crippen LogP contribution in [0, 0.1) is 5.92 Å². The van der Waals surface area contributed by atoms with Crippen LogP contribution < -0.4 is 5.32 Å². The van der Waals surface area contributed by atoms with Gasteiger partial charge in [0.2, 0.25) is 10.0 Å². The van der Waals surface area contributed by atoms with Crippen molar-refractivity contribution < 1.29 is 13.2 Å². The molecule has 0 atom stereocenters. The monoisotopic (exact) mass is 367 g/mol. The molecule has 1 aliphatic rings. The molecule has 1 amide bonds. The predicted molar refractivity (Wildman–Crippen MR) is 99.1 cm³/mol. The third-order valence-electron chi connectivity index (χ3n) is 4.56.